The van der Waals surface area contributed by atoms with Crippen molar-refractivity contribution in [1.29, 1.82) is 0 Å². The van der Waals surface area contributed by atoms with Crippen molar-refractivity contribution in [3.63, 3.8) is 0 Å². The van der Waals surface area contributed by atoms with E-state index in [1.54, 1.807) is 23.1 Å². The van der Waals surface area contributed by atoms with Crippen LogP contribution in [0.3, 0.4) is 0 Å². The minimum Gasteiger partial charge on any atom is -0.305 e. The molecule has 0 atom stereocenters. The SMILES string of the molecule is CS/C(=C\c1ccccc1)c1nc2scc(-c3cccs3)c2c(=O)[nH]1. The van der Waals surface area contributed by atoms with Gasteiger partial charge in [0.2, 0.25) is 0 Å². The molecule has 0 spiro atoms. The highest BCUT2D eigenvalue weighted by Gasteiger charge is 2.15. The lowest BCUT2D eigenvalue weighted by molar-refractivity contribution is 1.15. The van der Waals surface area contributed by atoms with E-state index in [1.165, 1.54) is 11.3 Å². The van der Waals surface area contributed by atoms with Crippen LogP contribution >= 0.6 is 34.4 Å². The number of nitrogens with one attached hydrogen (secondary N) is 1. The number of fused-ring (bicyclic) bond motifs is 1. The standard InChI is InChI=1S/C19H14N2OS3/c1-23-15(10-12-6-3-2-4-7-12)17-20-18(22)16-13(11-25-19(16)21-17)14-8-5-9-24-14/h2-11H,1H3,(H,20,21,22)/b15-10-. The van der Waals surface area contributed by atoms with Crippen LogP contribution in [0.2, 0.25) is 0 Å². The number of rotatable bonds is 4. The highest BCUT2D eigenvalue weighted by molar-refractivity contribution is 8.07. The maximum Gasteiger partial charge on any atom is 0.260 e. The summed E-state index contributed by atoms with van der Waals surface area (Å²) in [5.74, 6) is 0.619. The summed E-state index contributed by atoms with van der Waals surface area (Å²) >= 11 is 4.72. The molecule has 1 aromatic carbocycles. The van der Waals surface area contributed by atoms with Crippen molar-refractivity contribution in [3.05, 3.63) is 75.0 Å². The maximum absolute atomic E-state index is 12.7. The Kier molecular flexibility index (Phi) is 4.57. The van der Waals surface area contributed by atoms with Crippen LogP contribution in [0.25, 0.3) is 31.6 Å². The molecule has 4 rings (SSSR count). The minimum absolute atomic E-state index is 0.0855. The molecule has 3 heterocycles. The summed E-state index contributed by atoms with van der Waals surface area (Å²) in [6.07, 6.45) is 4.03. The molecule has 3 nitrogen and oxygen atoms in total. The molecule has 0 unspecified atom stereocenters. The molecule has 0 radical (unpaired) electrons. The van der Waals surface area contributed by atoms with Gasteiger partial charge in [0.1, 0.15) is 10.7 Å². The monoisotopic (exact) mass is 382 g/mol. The number of benzene rings is 1. The molecular weight excluding hydrogens is 368 g/mol. The Balaban J connectivity index is 1.84. The lowest BCUT2D eigenvalue weighted by Crippen LogP contribution is -2.10. The van der Waals surface area contributed by atoms with Crippen LogP contribution in [0.4, 0.5) is 0 Å². The summed E-state index contributed by atoms with van der Waals surface area (Å²) < 4.78 is 0. The number of hydrogen-bond acceptors (Lipinski definition) is 5. The molecule has 0 saturated heterocycles. The van der Waals surface area contributed by atoms with E-state index >= 15 is 0 Å². The van der Waals surface area contributed by atoms with Crippen molar-refractivity contribution < 1.29 is 0 Å². The summed E-state index contributed by atoms with van der Waals surface area (Å²) in [6.45, 7) is 0. The van der Waals surface area contributed by atoms with Gasteiger partial charge in [-0.25, -0.2) is 4.98 Å². The quantitative estimate of drug-likeness (QED) is 0.501. The third-order valence-electron chi connectivity index (χ3n) is 3.78. The zero-order valence-electron chi connectivity index (χ0n) is 13.4. The van der Waals surface area contributed by atoms with Crippen LogP contribution in [-0.2, 0) is 0 Å². The number of hydrogen-bond donors (Lipinski definition) is 1. The normalized spacial score (nSPS) is 12.0. The van der Waals surface area contributed by atoms with E-state index in [0.717, 1.165) is 25.7 Å². The molecule has 3 aromatic heterocycles. The van der Waals surface area contributed by atoms with Gasteiger partial charge in [-0.05, 0) is 29.3 Å². The molecule has 0 bridgehead atoms. The third-order valence-corrected chi connectivity index (χ3v) is 6.31. The van der Waals surface area contributed by atoms with Crippen molar-refractivity contribution in [2.75, 3.05) is 6.26 Å². The van der Waals surface area contributed by atoms with Gasteiger partial charge in [-0.3, -0.25) is 4.79 Å². The van der Waals surface area contributed by atoms with Crippen molar-refractivity contribution in [2.24, 2.45) is 0 Å². The van der Waals surface area contributed by atoms with Crippen LogP contribution in [0.1, 0.15) is 11.4 Å². The molecule has 1 N–H and O–H groups in total. The first kappa shape index (κ1) is 16.3. The molecule has 124 valence electrons. The molecule has 6 heteroatoms. The van der Waals surface area contributed by atoms with Crippen LogP contribution in [0, 0.1) is 0 Å². The van der Waals surface area contributed by atoms with Crippen molar-refractivity contribution in [3.8, 4) is 10.4 Å². The Morgan fingerprint density at radius 3 is 2.72 bits per heavy atom. The molecule has 0 aliphatic carbocycles. The average Bonchev–Trinajstić information content (AvgIpc) is 3.29. The number of thiophene rings is 2. The fourth-order valence-corrected chi connectivity index (χ4v) is 4.91. The summed E-state index contributed by atoms with van der Waals surface area (Å²) in [5.41, 5.74) is 1.96. The predicted molar refractivity (Wildman–Crippen MR) is 111 cm³/mol. The zero-order chi connectivity index (χ0) is 17.2. The Hall–Kier alpha value is -2.15. The first-order valence-corrected chi connectivity index (χ1v) is 10.6. The number of nitrogens with zero attached hydrogens (tertiary/aromatic N) is 1. The summed E-state index contributed by atoms with van der Waals surface area (Å²) in [5, 5.41) is 4.71. The van der Waals surface area contributed by atoms with E-state index < -0.39 is 0 Å². The first-order valence-electron chi connectivity index (χ1n) is 7.63. The van der Waals surface area contributed by atoms with Gasteiger partial charge in [-0.1, -0.05) is 36.4 Å². The predicted octanol–water partition coefficient (Wildman–Crippen LogP) is 5.57. The van der Waals surface area contributed by atoms with Crippen LogP contribution in [0.5, 0.6) is 0 Å². The van der Waals surface area contributed by atoms with Gasteiger partial charge >= 0.3 is 0 Å². The van der Waals surface area contributed by atoms with Crippen LogP contribution in [-0.4, -0.2) is 16.2 Å². The highest BCUT2D eigenvalue weighted by atomic mass is 32.2. The van der Waals surface area contributed by atoms with E-state index in [4.69, 9.17) is 4.98 Å². The van der Waals surface area contributed by atoms with E-state index in [-0.39, 0.29) is 5.56 Å². The Morgan fingerprint density at radius 2 is 2.00 bits per heavy atom. The summed E-state index contributed by atoms with van der Waals surface area (Å²) in [7, 11) is 0. The average molecular weight is 383 g/mol. The first-order chi connectivity index (χ1) is 12.3. The molecule has 0 amide bonds. The van der Waals surface area contributed by atoms with Crippen molar-refractivity contribution in [1.82, 2.24) is 9.97 Å². The van der Waals surface area contributed by atoms with E-state index in [2.05, 4.69) is 4.98 Å². The zero-order valence-corrected chi connectivity index (χ0v) is 15.8. The van der Waals surface area contributed by atoms with Crippen LogP contribution in [0.15, 0.2) is 58.0 Å². The lowest BCUT2D eigenvalue weighted by atomic mass is 10.2. The molecular formula is C19H14N2OS3. The van der Waals surface area contributed by atoms with E-state index in [9.17, 15) is 4.79 Å². The second kappa shape index (κ2) is 7.00. The number of thioether (sulfide) groups is 1. The van der Waals surface area contributed by atoms with E-state index in [0.29, 0.717) is 11.2 Å². The highest BCUT2D eigenvalue weighted by Crippen LogP contribution is 2.34. The summed E-state index contributed by atoms with van der Waals surface area (Å²) in [6, 6.07) is 14.1. The van der Waals surface area contributed by atoms with Gasteiger partial charge < -0.3 is 4.98 Å². The summed E-state index contributed by atoms with van der Waals surface area (Å²) in [4.78, 5) is 23.2. The molecule has 0 aliphatic heterocycles. The van der Waals surface area contributed by atoms with E-state index in [1.807, 2.05) is 65.6 Å². The molecule has 0 fully saturated rings. The Labute approximate surface area is 157 Å². The van der Waals surface area contributed by atoms with Gasteiger partial charge in [-0.15, -0.1) is 34.4 Å². The second-order valence-electron chi connectivity index (χ2n) is 5.34. The lowest BCUT2D eigenvalue weighted by Gasteiger charge is -2.04. The fraction of sp³-hybridized carbons (Fsp3) is 0.0526. The Bertz CT molecular complexity index is 1090. The number of aromatic amines is 1. The van der Waals surface area contributed by atoms with Crippen molar-refractivity contribution in [2.45, 2.75) is 0 Å². The molecule has 25 heavy (non-hydrogen) atoms. The topological polar surface area (TPSA) is 45.8 Å². The Morgan fingerprint density at radius 1 is 1.16 bits per heavy atom. The van der Waals surface area contributed by atoms with Gasteiger partial charge in [0.15, 0.2) is 0 Å². The van der Waals surface area contributed by atoms with Crippen LogP contribution < -0.4 is 5.56 Å². The minimum atomic E-state index is -0.0855. The van der Waals surface area contributed by atoms with Gasteiger partial charge in [0.05, 0.1) is 10.3 Å². The smallest absolute Gasteiger partial charge is 0.260 e. The number of H-pyrrole nitrogens is 1. The second-order valence-corrected chi connectivity index (χ2v) is 8.00. The largest absolute Gasteiger partial charge is 0.305 e. The fourth-order valence-electron chi connectivity index (χ4n) is 2.60. The molecule has 0 aliphatic rings. The number of aromatic nitrogens is 2. The van der Waals surface area contributed by atoms with Gasteiger partial charge in [0, 0.05) is 15.8 Å². The maximum atomic E-state index is 12.7. The van der Waals surface area contributed by atoms with Gasteiger partial charge in [0.25, 0.3) is 5.56 Å². The third kappa shape index (κ3) is 3.20. The molecule has 4 aromatic rings. The molecule has 0 saturated carbocycles. The van der Waals surface area contributed by atoms with Crippen molar-refractivity contribution >= 4 is 55.6 Å². The van der Waals surface area contributed by atoms with Gasteiger partial charge in [-0.2, -0.15) is 0 Å².